The minimum atomic E-state index is -0.599. The smallest absolute Gasteiger partial charge is 0.241 e. The van der Waals surface area contributed by atoms with Gasteiger partial charge in [-0.2, -0.15) is 0 Å². The molecule has 2 atom stereocenters. The summed E-state index contributed by atoms with van der Waals surface area (Å²) >= 11 is 0. The lowest BCUT2D eigenvalue weighted by Gasteiger charge is -2.24. The van der Waals surface area contributed by atoms with Crippen LogP contribution in [-0.4, -0.2) is 23.4 Å². The van der Waals surface area contributed by atoms with Crippen molar-refractivity contribution in [2.75, 3.05) is 6.54 Å². The molecular weight excluding hydrogens is 274 g/mol. The van der Waals surface area contributed by atoms with Crippen LogP contribution >= 0.6 is 0 Å². The molecule has 2 unspecified atom stereocenters. The maximum Gasteiger partial charge on any atom is 0.241 e. The third-order valence-electron chi connectivity index (χ3n) is 4.24. The summed E-state index contributed by atoms with van der Waals surface area (Å²) in [4.78, 5) is 14.2. The van der Waals surface area contributed by atoms with Gasteiger partial charge in [0.25, 0.3) is 0 Å². The van der Waals surface area contributed by atoms with E-state index in [0.717, 1.165) is 31.7 Å². The van der Waals surface area contributed by atoms with Crippen molar-refractivity contribution in [1.29, 1.82) is 0 Å². The standard InChI is InChI=1S/C16H20F2N2O/c1-2-3-14-16(21)20(9-10-4-5-10)15(19-14)12-7-6-11(17)8-13(12)18/h6-8,10,14-15,19H,2-5,9H2,1H3. The Bertz CT molecular complexity index is 545. The fraction of sp³-hybridized carbons (Fsp3) is 0.562. The van der Waals surface area contributed by atoms with Gasteiger partial charge in [0.05, 0.1) is 6.04 Å². The van der Waals surface area contributed by atoms with E-state index in [1.165, 1.54) is 12.1 Å². The van der Waals surface area contributed by atoms with E-state index in [1.807, 2.05) is 6.92 Å². The second-order valence-electron chi connectivity index (χ2n) is 6.01. The van der Waals surface area contributed by atoms with Crippen LogP contribution in [-0.2, 0) is 4.79 Å². The third kappa shape index (κ3) is 2.93. The maximum atomic E-state index is 14.1. The molecule has 0 aromatic heterocycles. The van der Waals surface area contributed by atoms with E-state index in [0.29, 0.717) is 18.0 Å². The Morgan fingerprint density at radius 2 is 2.10 bits per heavy atom. The first-order valence-electron chi connectivity index (χ1n) is 7.61. The molecule has 0 spiro atoms. The number of nitrogens with zero attached hydrogens (tertiary/aromatic N) is 1. The Hall–Kier alpha value is -1.49. The van der Waals surface area contributed by atoms with E-state index in [-0.39, 0.29) is 11.9 Å². The second kappa shape index (κ2) is 5.72. The molecule has 1 saturated carbocycles. The number of nitrogens with one attached hydrogen (secondary N) is 1. The highest BCUT2D eigenvalue weighted by Gasteiger charge is 2.42. The molecule has 114 valence electrons. The lowest BCUT2D eigenvalue weighted by atomic mass is 10.1. The monoisotopic (exact) mass is 294 g/mol. The van der Waals surface area contributed by atoms with Crippen LogP contribution in [0.3, 0.4) is 0 Å². The van der Waals surface area contributed by atoms with Crippen molar-refractivity contribution in [1.82, 2.24) is 10.2 Å². The van der Waals surface area contributed by atoms with E-state index in [9.17, 15) is 13.6 Å². The molecule has 1 amide bonds. The summed E-state index contributed by atoms with van der Waals surface area (Å²) in [6, 6.07) is 3.30. The predicted molar refractivity (Wildman–Crippen MR) is 75.4 cm³/mol. The van der Waals surface area contributed by atoms with Crippen molar-refractivity contribution in [3.8, 4) is 0 Å². The Morgan fingerprint density at radius 3 is 2.71 bits per heavy atom. The van der Waals surface area contributed by atoms with Crippen LogP contribution in [0.25, 0.3) is 0 Å². The molecular formula is C16H20F2N2O. The van der Waals surface area contributed by atoms with Crippen molar-refractivity contribution >= 4 is 5.91 Å². The quantitative estimate of drug-likeness (QED) is 0.905. The Labute approximate surface area is 123 Å². The molecule has 0 radical (unpaired) electrons. The molecule has 21 heavy (non-hydrogen) atoms. The highest BCUT2D eigenvalue weighted by Crippen LogP contribution is 2.36. The molecule has 5 heteroatoms. The Kier molecular flexibility index (Phi) is 3.93. The SMILES string of the molecule is CCCC1NC(c2ccc(F)cc2F)N(CC2CC2)C1=O. The number of halogens is 2. The molecule has 1 aliphatic heterocycles. The van der Waals surface area contributed by atoms with E-state index in [2.05, 4.69) is 5.32 Å². The minimum Gasteiger partial charge on any atom is -0.321 e. The van der Waals surface area contributed by atoms with Crippen molar-refractivity contribution in [3.05, 3.63) is 35.4 Å². The van der Waals surface area contributed by atoms with Crippen molar-refractivity contribution < 1.29 is 13.6 Å². The summed E-state index contributed by atoms with van der Waals surface area (Å²) in [5.41, 5.74) is 0.351. The number of hydrogen-bond donors (Lipinski definition) is 1. The molecule has 1 N–H and O–H groups in total. The van der Waals surface area contributed by atoms with Crippen LogP contribution in [0, 0.1) is 17.6 Å². The van der Waals surface area contributed by atoms with Crippen LogP contribution < -0.4 is 5.32 Å². The van der Waals surface area contributed by atoms with E-state index >= 15 is 0 Å². The number of benzene rings is 1. The molecule has 2 aliphatic rings. The van der Waals surface area contributed by atoms with Gasteiger partial charge in [-0.25, -0.2) is 8.78 Å². The highest BCUT2D eigenvalue weighted by atomic mass is 19.1. The van der Waals surface area contributed by atoms with Crippen molar-refractivity contribution in [3.63, 3.8) is 0 Å². The molecule has 3 nitrogen and oxygen atoms in total. The predicted octanol–water partition coefficient (Wildman–Crippen LogP) is 2.97. The van der Waals surface area contributed by atoms with Crippen LogP contribution in [0.1, 0.15) is 44.3 Å². The van der Waals surface area contributed by atoms with E-state index < -0.39 is 17.8 Å². The summed E-state index contributed by atoms with van der Waals surface area (Å²) in [7, 11) is 0. The fourth-order valence-electron chi connectivity index (χ4n) is 2.93. The normalized spacial score (nSPS) is 25.7. The zero-order valence-corrected chi connectivity index (χ0v) is 12.1. The summed E-state index contributed by atoms with van der Waals surface area (Å²) in [6.45, 7) is 2.68. The van der Waals surface area contributed by atoms with Gasteiger partial charge >= 0.3 is 0 Å². The van der Waals surface area contributed by atoms with Crippen LogP contribution in [0.4, 0.5) is 8.78 Å². The number of carbonyl (C=O) groups is 1. The topological polar surface area (TPSA) is 32.3 Å². The summed E-state index contributed by atoms with van der Waals surface area (Å²) in [5, 5.41) is 3.22. The first-order chi connectivity index (χ1) is 10.1. The summed E-state index contributed by atoms with van der Waals surface area (Å²) < 4.78 is 27.1. The average Bonchev–Trinajstić information content (AvgIpc) is 3.20. The van der Waals surface area contributed by atoms with Gasteiger partial charge in [0.1, 0.15) is 17.8 Å². The number of carbonyl (C=O) groups excluding carboxylic acids is 1. The van der Waals surface area contributed by atoms with Gasteiger partial charge in [-0.3, -0.25) is 10.1 Å². The van der Waals surface area contributed by atoms with Gasteiger partial charge in [0.15, 0.2) is 0 Å². The molecule has 1 aromatic rings. The summed E-state index contributed by atoms with van der Waals surface area (Å²) in [5.74, 6) is -0.628. The van der Waals surface area contributed by atoms with Gasteiger partial charge in [-0.05, 0) is 37.3 Å². The van der Waals surface area contributed by atoms with Gasteiger partial charge in [0.2, 0.25) is 5.91 Å². The average molecular weight is 294 g/mol. The first kappa shape index (κ1) is 14.4. The largest absolute Gasteiger partial charge is 0.321 e. The zero-order valence-electron chi connectivity index (χ0n) is 12.1. The molecule has 1 aromatic carbocycles. The van der Waals surface area contributed by atoms with Crippen LogP contribution in [0.5, 0.6) is 0 Å². The van der Waals surface area contributed by atoms with Gasteiger partial charge < -0.3 is 4.90 Å². The lowest BCUT2D eigenvalue weighted by Crippen LogP contribution is -2.33. The Balaban J connectivity index is 1.87. The van der Waals surface area contributed by atoms with Crippen molar-refractivity contribution in [2.24, 2.45) is 5.92 Å². The highest BCUT2D eigenvalue weighted by molar-refractivity contribution is 5.84. The molecule has 1 heterocycles. The summed E-state index contributed by atoms with van der Waals surface area (Å²) in [6.07, 6.45) is 3.40. The molecule has 1 saturated heterocycles. The minimum absolute atomic E-state index is 0.0393. The van der Waals surface area contributed by atoms with Gasteiger partial charge in [0, 0.05) is 18.2 Å². The third-order valence-corrected chi connectivity index (χ3v) is 4.24. The van der Waals surface area contributed by atoms with Gasteiger partial charge in [-0.1, -0.05) is 13.3 Å². The zero-order chi connectivity index (χ0) is 15.0. The second-order valence-corrected chi connectivity index (χ2v) is 6.01. The lowest BCUT2D eigenvalue weighted by molar-refractivity contribution is -0.130. The van der Waals surface area contributed by atoms with Crippen LogP contribution in [0.2, 0.25) is 0 Å². The molecule has 3 rings (SSSR count). The molecule has 1 aliphatic carbocycles. The van der Waals surface area contributed by atoms with Gasteiger partial charge in [-0.15, -0.1) is 0 Å². The van der Waals surface area contributed by atoms with Crippen molar-refractivity contribution in [2.45, 2.75) is 44.8 Å². The van der Waals surface area contributed by atoms with E-state index in [4.69, 9.17) is 0 Å². The molecule has 0 bridgehead atoms. The number of rotatable bonds is 5. The number of hydrogen-bond acceptors (Lipinski definition) is 2. The fourth-order valence-corrected chi connectivity index (χ4v) is 2.93. The maximum absolute atomic E-state index is 14.1. The molecule has 2 fully saturated rings. The van der Waals surface area contributed by atoms with Crippen LogP contribution in [0.15, 0.2) is 18.2 Å². The Morgan fingerprint density at radius 1 is 1.33 bits per heavy atom. The number of amides is 1. The first-order valence-corrected chi connectivity index (χ1v) is 7.61. The van der Waals surface area contributed by atoms with E-state index in [1.54, 1.807) is 4.90 Å².